The molecule has 4 heteroatoms. The van der Waals surface area contributed by atoms with Crippen molar-refractivity contribution in [2.75, 3.05) is 0 Å². The molecule has 0 bridgehead atoms. The Morgan fingerprint density at radius 3 is 3.00 bits per heavy atom. The smallest absolute Gasteiger partial charge is 0.142 e. The first-order valence-electron chi connectivity index (χ1n) is 4.73. The zero-order valence-corrected chi connectivity index (χ0v) is 9.70. The molecule has 0 aliphatic carbocycles. The van der Waals surface area contributed by atoms with Gasteiger partial charge in [0.15, 0.2) is 0 Å². The van der Waals surface area contributed by atoms with Gasteiger partial charge in [-0.1, -0.05) is 13.3 Å². The minimum absolute atomic E-state index is 1.02. The predicted molar refractivity (Wildman–Crippen MR) is 61.8 cm³/mol. The number of unbranched alkanes of at least 4 members (excludes halogenated alkanes) is 1. The van der Waals surface area contributed by atoms with E-state index in [4.69, 9.17) is 0 Å². The molecule has 0 radical (unpaired) electrons. The average molecular weight is 224 g/mol. The van der Waals surface area contributed by atoms with Gasteiger partial charge in [-0.15, -0.1) is 22.7 Å². The molecule has 0 amide bonds. The van der Waals surface area contributed by atoms with Crippen LogP contribution in [0.5, 0.6) is 0 Å². The molecule has 14 heavy (non-hydrogen) atoms. The quantitative estimate of drug-likeness (QED) is 0.793. The van der Waals surface area contributed by atoms with E-state index in [9.17, 15) is 0 Å². The highest BCUT2D eigenvalue weighted by Crippen LogP contribution is 2.23. The number of aryl methyl sites for hydroxylation is 1. The molecular formula is C10H12N2S2. The fraction of sp³-hybridized carbons (Fsp3) is 0.400. The lowest BCUT2D eigenvalue weighted by molar-refractivity contribution is 0.781. The van der Waals surface area contributed by atoms with Crippen molar-refractivity contribution in [3.8, 4) is 10.7 Å². The predicted octanol–water partition coefficient (Wildman–Crippen LogP) is 3.61. The molecule has 0 fully saturated rings. The van der Waals surface area contributed by atoms with Crippen molar-refractivity contribution >= 4 is 22.7 Å². The lowest BCUT2D eigenvalue weighted by Crippen LogP contribution is -1.84. The zero-order chi connectivity index (χ0) is 9.80. The van der Waals surface area contributed by atoms with Crippen LogP contribution in [-0.4, -0.2) is 9.97 Å². The molecule has 2 aromatic heterocycles. The number of rotatable bonds is 4. The van der Waals surface area contributed by atoms with E-state index >= 15 is 0 Å². The second kappa shape index (κ2) is 4.66. The minimum atomic E-state index is 1.02. The molecule has 0 aliphatic heterocycles. The summed E-state index contributed by atoms with van der Waals surface area (Å²) in [5, 5.41) is 5.24. The molecule has 0 unspecified atom stereocenters. The summed E-state index contributed by atoms with van der Waals surface area (Å²) < 4.78 is 0. The molecule has 2 rings (SSSR count). The first kappa shape index (κ1) is 9.80. The van der Waals surface area contributed by atoms with E-state index in [-0.39, 0.29) is 0 Å². The third-order valence-corrected chi connectivity index (χ3v) is 3.49. The summed E-state index contributed by atoms with van der Waals surface area (Å²) in [4.78, 5) is 8.80. The molecule has 0 atom stereocenters. The molecule has 0 saturated carbocycles. The van der Waals surface area contributed by atoms with Crippen molar-refractivity contribution in [2.45, 2.75) is 26.2 Å². The van der Waals surface area contributed by atoms with Crippen molar-refractivity contribution in [3.63, 3.8) is 0 Å². The first-order valence-corrected chi connectivity index (χ1v) is 6.55. The van der Waals surface area contributed by atoms with Crippen LogP contribution >= 0.6 is 22.7 Å². The third-order valence-electron chi connectivity index (χ3n) is 1.99. The molecule has 0 spiro atoms. The maximum absolute atomic E-state index is 4.55. The first-order chi connectivity index (χ1) is 6.90. The normalized spacial score (nSPS) is 10.6. The summed E-state index contributed by atoms with van der Waals surface area (Å²) in [5.74, 6) is 0. The Morgan fingerprint density at radius 1 is 1.36 bits per heavy atom. The highest BCUT2D eigenvalue weighted by Gasteiger charge is 2.05. The van der Waals surface area contributed by atoms with E-state index in [0.29, 0.717) is 0 Å². The Hall–Kier alpha value is -0.740. The van der Waals surface area contributed by atoms with Gasteiger partial charge in [-0.2, -0.15) is 0 Å². The van der Waals surface area contributed by atoms with Crippen molar-refractivity contribution in [3.05, 3.63) is 22.0 Å². The van der Waals surface area contributed by atoms with Gasteiger partial charge in [0, 0.05) is 10.8 Å². The van der Waals surface area contributed by atoms with E-state index in [1.807, 2.05) is 10.9 Å². The minimum Gasteiger partial charge on any atom is -0.242 e. The fourth-order valence-corrected chi connectivity index (χ4v) is 2.65. The Bertz CT molecular complexity index is 378. The van der Waals surface area contributed by atoms with Gasteiger partial charge in [-0.25, -0.2) is 9.97 Å². The molecule has 0 N–H and O–H groups in total. The van der Waals surface area contributed by atoms with Gasteiger partial charge in [0.2, 0.25) is 0 Å². The SMILES string of the molecule is CCCCc1csc(-c2cscn2)n1. The molecule has 2 heterocycles. The van der Waals surface area contributed by atoms with Crippen LogP contribution in [0.2, 0.25) is 0 Å². The average Bonchev–Trinajstić information content (AvgIpc) is 2.85. The van der Waals surface area contributed by atoms with Crippen LogP contribution in [0.15, 0.2) is 16.3 Å². The summed E-state index contributed by atoms with van der Waals surface area (Å²) in [7, 11) is 0. The summed E-state index contributed by atoms with van der Waals surface area (Å²) >= 11 is 3.31. The van der Waals surface area contributed by atoms with Crippen LogP contribution in [0.3, 0.4) is 0 Å². The number of hydrogen-bond acceptors (Lipinski definition) is 4. The Labute approximate surface area is 91.7 Å². The number of thiazole rings is 2. The molecule has 0 saturated heterocycles. The van der Waals surface area contributed by atoms with E-state index in [0.717, 1.165) is 17.1 Å². The molecule has 0 aromatic carbocycles. The standard InChI is InChI=1S/C10H12N2S2/c1-2-3-4-8-5-14-10(12-8)9-6-13-7-11-9/h5-7H,2-4H2,1H3. The van der Waals surface area contributed by atoms with Crippen LogP contribution in [-0.2, 0) is 6.42 Å². The van der Waals surface area contributed by atoms with E-state index in [1.54, 1.807) is 22.7 Å². The topological polar surface area (TPSA) is 25.8 Å². The number of aromatic nitrogens is 2. The van der Waals surface area contributed by atoms with Crippen LogP contribution in [0, 0.1) is 0 Å². The van der Waals surface area contributed by atoms with E-state index in [1.165, 1.54) is 18.5 Å². The van der Waals surface area contributed by atoms with Gasteiger partial charge in [-0.3, -0.25) is 0 Å². The molecular weight excluding hydrogens is 212 g/mol. The van der Waals surface area contributed by atoms with E-state index in [2.05, 4.69) is 22.3 Å². The summed E-state index contributed by atoms with van der Waals surface area (Å²) in [6.45, 7) is 2.20. The van der Waals surface area contributed by atoms with Crippen LogP contribution in [0.1, 0.15) is 25.5 Å². The molecule has 74 valence electrons. The van der Waals surface area contributed by atoms with Crippen molar-refractivity contribution in [1.29, 1.82) is 0 Å². The summed E-state index contributed by atoms with van der Waals surface area (Å²) in [6, 6.07) is 0. The lowest BCUT2D eigenvalue weighted by Gasteiger charge is -1.91. The Balaban J connectivity index is 2.10. The van der Waals surface area contributed by atoms with Gasteiger partial charge in [-0.05, 0) is 12.8 Å². The number of hydrogen-bond donors (Lipinski definition) is 0. The highest BCUT2D eigenvalue weighted by molar-refractivity contribution is 7.13. The second-order valence-electron chi connectivity index (χ2n) is 3.12. The van der Waals surface area contributed by atoms with Gasteiger partial charge in [0.1, 0.15) is 10.7 Å². The van der Waals surface area contributed by atoms with Crippen LogP contribution < -0.4 is 0 Å². The summed E-state index contributed by atoms with van der Waals surface area (Å²) in [6.07, 6.45) is 3.54. The zero-order valence-electron chi connectivity index (χ0n) is 8.06. The highest BCUT2D eigenvalue weighted by atomic mass is 32.1. The fourth-order valence-electron chi connectivity index (χ4n) is 1.22. The Kier molecular flexibility index (Phi) is 3.26. The lowest BCUT2D eigenvalue weighted by atomic mass is 10.2. The van der Waals surface area contributed by atoms with Gasteiger partial charge >= 0.3 is 0 Å². The molecule has 2 aromatic rings. The number of nitrogens with zero attached hydrogens (tertiary/aromatic N) is 2. The maximum atomic E-state index is 4.55. The monoisotopic (exact) mass is 224 g/mol. The van der Waals surface area contributed by atoms with Crippen LogP contribution in [0.25, 0.3) is 10.7 Å². The molecule has 2 nitrogen and oxygen atoms in total. The van der Waals surface area contributed by atoms with Crippen molar-refractivity contribution < 1.29 is 0 Å². The van der Waals surface area contributed by atoms with Crippen LogP contribution in [0.4, 0.5) is 0 Å². The Morgan fingerprint density at radius 2 is 2.29 bits per heavy atom. The van der Waals surface area contributed by atoms with Gasteiger partial charge < -0.3 is 0 Å². The second-order valence-corrected chi connectivity index (χ2v) is 4.70. The largest absolute Gasteiger partial charge is 0.242 e. The summed E-state index contributed by atoms with van der Waals surface area (Å²) in [5.41, 5.74) is 4.07. The van der Waals surface area contributed by atoms with Crippen molar-refractivity contribution in [2.24, 2.45) is 0 Å². The molecule has 0 aliphatic rings. The van der Waals surface area contributed by atoms with Gasteiger partial charge in [0.05, 0.1) is 11.2 Å². The maximum Gasteiger partial charge on any atom is 0.142 e. The van der Waals surface area contributed by atoms with Crippen molar-refractivity contribution in [1.82, 2.24) is 9.97 Å². The van der Waals surface area contributed by atoms with E-state index < -0.39 is 0 Å². The van der Waals surface area contributed by atoms with Gasteiger partial charge in [0.25, 0.3) is 0 Å². The third kappa shape index (κ3) is 2.19.